The van der Waals surface area contributed by atoms with Crippen molar-refractivity contribution in [2.75, 3.05) is 0 Å². The fourth-order valence-corrected chi connectivity index (χ4v) is 4.62. The highest BCUT2D eigenvalue weighted by molar-refractivity contribution is 8.14. The van der Waals surface area contributed by atoms with Crippen LogP contribution in [0.15, 0.2) is 53.4 Å². The number of hydrogen-bond acceptors (Lipinski definition) is 3. The lowest BCUT2D eigenvalue weighted by atomic mass is 10.1. The van der Waals surface area contributed by atoms with Gasteiger partial charge in [0.1, 0.15) is 0 Å². The Kier molecular flexibility index (Phi) is 5.12. The summed E-state index contributed by atoms with van der Waals surface area (Å²) in [5, 5.41) is 2.10. The summed E-state index contributed by atoms with van der Waals surface area (Å²) in [6.07, 6.45) is 3.43. The molecule has 0 radical (unpaired) electrons. The number of hydrogen-bond donors (Lipinski definition) is 0. The predicted octanol–water partition coefficient (Wildman–Crippen LogP) is 6.85. The molecule has 0 unspecified atom stereocenters. The van der Waals surface area contributed by atoms with Crippen LogP contribution in [0.5, 0.6) is 0 Å². The summed E-state index contributed by atoms with van der Waals surface area (Å²) in [5.41, 5.74) is 1.19. The molecule has 0 N–H and O–H groups in total. The summed E-state index contributed by atoms with van der Waals surface area (Å²) in [6, 6.07) is 13.4. The summed E-state index contributed by atoms with van der Waals surface area (Å²) in [6.45, 7) is 2.07. The number of rotatable bonds is 3. The first-order chi connectivity index (χ1) is 11.1. The third-order valence-electron chi connectivity index (χ3n) is 3.37. The zero-order valence-corrected chi connectivity index (χ0v) is 15.3. The Hall–Kier alpha value is -1.26. The van der Waals surface area contributed by atoms with Crippen LogP contribution >= 0.6 is 46.3 Å². The smallest absolute Gasteiger partial charge is 0.217 e. The maximum absolute atomic E-state index is 12.2. The maximum atomic E-state index is 12.2. The van der Waals surface area contributed by atoms with E-state index < -0.39 is 0 Å². The van der Waals surface area contributed by atoms with E-state index in [2.05, 4.69) is 19.1 Å². The number of thioether (sulfide) groups is 1. The first-order valence-electron chi connectivity index (χ1n) is 6.88. The molecule has 0 saturated carbocycles. The van der Waals surface area contributed by atoms with Crippen molar-refractivity contribution in [2.45, 2.75) is 11.8 Å². The molecule has 5 heteroatoms. The molecule has 0 aliphatic heterocycles. The highest BCUT2D eigenvalue weighted by atomic mass is 35.5. The number of carbonyl (C=O) groups is 1. The normalized spacial score (nSPS) is 11.4. The van der Waals surface area contributed by atoms with E-state index in [1.165, 1.54) is 15.6 Å². The first kappa shape index (κ1) is 16.6. The molecule has 3 rings (SSSR count). The van der Waals surface area contributed by atoms with Gasteiger partial charge in [0.05, 0.1) is 14.9 Å². The topological polar surface area (TPSA) is 17.1 Å². The summed E-state index contributed by atoms with van der Waals surface area (Å²) in [7, 11) is 0. The van der Waals surface area contributed by atoms with Gasteiger partial charge < -0.3 is 0 Å². The van der Waals surface area contributed by atoms with Gasteiger partial charge in [-0.05, 0) is 60.0 Å². The van der Waals surface area contributed by atoms with Crippen LogP contribution in [0.4, 0.5) is 0 Å². The van der Waals surface area contributed by atoms with Crippen molar-refractivity contribution in [2.24, 2.45) is 0 Å². The van der Waals surface area contributed by atoms with Crippen molar-refractivity contribution >= 4 is 67.6 Å². The molecule has 0 fully saturated rings. The minimum atomic E-state index is -0.100. The van der Waals surface area contributed by atoms with Crippen molar-refractivity contribution in [3.8, 4) is 0 Å². The molecule has 116 valence electrons. The van der Waals surface area contributed by atoms with Crippen LogP contribution in [0, 0.1) is 6.92 Å². The van der Waals surface area contributed by atoms with Crippen molar-refractivity contribution in [3.63, 3.8) is 0 Å². The van der Waals surface area contributed by atoms with Crippen LogP contribution < -0.4 is 0 Å². The van der Waals surface area contributed by atoms with Crippen molar-refractivity contribution in [3.05, 3.63) is 69.0 Å². The molecule has 0 aliphatic carbocycles. The van der Waals surface area contributed by atoms with Gasteiger partial charge in [-0.3, -0.25) is 4.79 Å². The molecule has 1 heterocycles. The van der Waals surface area contributed by atoms with Crippen LogP contribution in [-0.2, 0) is 4.79 Å². The largest absolute Gasteiger partial charge is 0.282 e. The monoisotopic (exact) mass is 378 g/mol. The van der Waals surface area contributed by atoms with Crippen LogP contribution in [0.3, 0.4) is 0 Å². The zero-order chi connectivity index (χ0) is 16.4. The Labute approximate surface area is 152 Å². The van der Waals surface area contributed by atoms with E-state index in [1.807, 2.05) is 18.2 Å². The average molecular weight is 379 g/mol. The zero-order valence-electron chi connectivity index (χ0n) is 12.2. The lowest BCUT2D eigenvalue weighted by molar-refractivity contribution is -0.106. The lowest BCUT2D eigenvalue weighted by Gasteiger charge is -2.03. The molecule has 0 saturated heterocycles. The highest BCUT2D eigenvalue weighted by Gasteiger charge is 2.10. The van der Waals surface area contributed by atoms with Gasteiger partial charge in [0.15, 0.2) is 0 Å². The molecule has 1 nitrogen and oxygen atoms in total. The SMILES string of the molecule is Cc1c(/C=C/C(=O)Sc2c(Cl)cccc2Cl)sc2ccccc12. The third-order valence-corrected chi connectivity index (χ3v) is 6.45. The Bertz CT molecular complexity index is 892. The Balaban J connectivity index is 1.81. The molecule has 0 spiro atoms. The number of thiophene rings is 1. The van der Waals surface area contributed by atoms with Gasteiger partial charge in [0.2, 0.25) is 5.12 Å². The van der Waals surface area contributed by atoms with E-state index in [0.29, 0.717) is 14.9 Å². The van der Waals surface area contributed by atoms with Gasteiger partial charge >= 0.3 is 0 Å². The summed E-state index contributed by atoms with van der Waals surface area (Å²) >= 11 is 14.9. The van der Waals surface area contributed by atoms with E-state index >= 15 is 0 Å². The summed E-state index contributed by atoms with van der Waals surface area (Å²) in [5.74, 6) is 0. The third kappa shape index (κ3) is 3.64. The lowest BCUT2D eigenvalue weighted by Crippen LogP contribution is -1.86. The average Bonchev–Trinajstić information content (AvgIpc) is 2.86. The van der Waals surface area contributed by atoms with Gasteiger partial charge in [0.25, 0.3) is 0 Å². The van der Waals surface area contributed by atoms with Crippen LogP contribution in [-0.4, -0.2) is 5.12 Å². The van der Waals surface area contributed by atoms with Crippen molar-refractivity contribution in [1.29, 1.82) is 0 Å². The number of carbonyl (C=O) groups excluding carboxylic acids is 1. The molecule has 23 heavy (non-hydrogen) atoms. The van der Waals surface area contributed by atoms with Gasteiger partial charge in [-0.2, -0.15) is 0 Å². The number of benzene rings is 2. The minimum Gasteiger partial charge on any atom is -0.282 e. The molecule has 0 bridgehead atoms. The molecule has 0 amide bonds. The van der Waals surface area contributed by atoms with Gasteiger partial charge in [-0.25, -0.2) is 0 Å². The van der Waals surface area contributed by atoms with Crippen molar-refractivity contribution in [1.82, 2.24) is 0 Å². The molecule has 0 atom stereocenters. The molecule has 1 aromatic heterocycles. The van der Waals surface area contributed by atoms with E-state index in [-0.39, 0.29) is 5.12 Å². The first-order valence-corrected chi connectivity index (χ1v) is 9.27. The molecule has 3 aromatic rings. The number of halogens is 2. The maximum Gasteiger partial charge on any atom is 0.217 e. The van der Waals surface area contributed by atoms with E-state index in [4.69, 9.17) is 23.2 Å². The second kappa shape index (κ2) is 7.10. The fraction of sp³-hybridized carbons (Fsp3) is 0.0556. The Morgan fingerprint density at radius 1 is 1.09 bits per heavy atom. The van der Waals surface area contributed by atoms with Crippen molar-refractivity contribution < 1.29 is 4.79 Å². The highest BCUT2D eigenvalue weighted by Crippen LogP contribution is 2.35. The number of fused-ring (bicyclic) bond motifs is 1. The summed E-state index contributed by atoms with van der Waals surface area (Å²) < 4.78 is 1.22. The van der Waals surface area contributed by atoms with Crippen LogP contribution in [0.25, 0.3) is 16.2 Å². The fourth-order valence-electron chi connectivity index (χ4n) is 2.21. The second-order valence-corrected chi connectivity index (χ2v) is 7.81. The van der Waals surface area contributed by atoms with Gasteiger partial charge in [-0.15, -0.1) is 11.3 Å². The van der Waals surface area contributed by atoms with Gasteiger partial charge in [-0.1, -0.05) is 47.5 Å². The molecular formula is C18H12Cl2OS2. The van der Waals surface area contributed by atoms with Crippen LogP contribution in [0.1, 0.15) is 10.4 Å². The Morgan fingerprint density at radius 3 is 2.48 bits per heavy atom. The standard InChI is InChI=1S/C18H12Cl2OS2/c1-11-12-5-2-3-8-16(12)22-15(11)9-10-17(21)23-18-13(19)6-4-7-14(18)20/h2-10H,1H3/b10-9+. The predicted molar refractivity (Wildman–Crippen MR) is 103 cm³/mol. The van der Waals surface area contributed by atoms with E-state index in [9.17, 15) is 4.79 Å². The minimum absolute atomic E-state index is 0.100. The quantitative estimate of drug-likeness (QED) is 0.366. The summed E-state index contributed by atoms with van der Waals surface area (Å²) in [4.78, 5) is 13.9. The number of aryl methyl sites for hydroxylation is 1. The Morgan fingerprint density at radius 2 is 1.78 bits per heavy atom. The van der Waals surface area contributed by atoms with Gasteiger partial charge in [0, 0.05) is 9.58 Å². The van der Waals surface area contributed by atoms with E-state index in [1.54, 1.807) is 35.6 Å². The second-order valence-electron chi connectivity index (χ2n) is 4.89. The molecule has 2 aromatic carbocycles. The van der Waals surface area contributed by atoms with Crippen LogP contribution in [0.2, 0.25) is 10.0 Å². The molecule has 0 aliphatic rings. The van der Waals surface area contributed by atoms with E-state index in [0.717, 1.165) is 16.6 Å². The molecular weight excluding hydrogens is 367 g/mol.